The average Bonchev–Trinajstić information content (AvgIpc) is 2.93. The summed E-state index contributed by atoms with van der Waals surface area (Å²) in [5, 5.41) is 3.14. The van der Waals surface area contributed by atoms with Gasteiger partial charge in [-0.05, 0) is 61.4 Å². The first-order valence-corrected chi connectivity index (χ1v) is 14.0. The normalized spacial score (nSPS) is 11.9. The van der Waals surface area contributed by atoms with Crippen molar-refractivity contribution in [3.63, 3.8) is 0 Å². The van der Waals surface area contributed by atoms with Crippen LogP contribution in [-0.2, 0) is 26.2 Å². The zero-order chi connectivity index (χ0) is 27.7. The van der Waals surface area contributed by atoms with Gasteiger partial charge in [0.15, 0.2) is 0 Å². The number of carbonyl (C=O) groups is 2. The van der Waals surface area contributed by atoms with Crippen LogP contribution < -0.4 is 14.4 Å². The lowest BCUT2D eigenvalue weighted by molar-refractivity contribution is -0.139. The Bertz CT molecular complexity index is 1330. The standard InChI is InChI=1S/C28H32ClN3O5S/c1-4-17-30-28(34)21(2)31(19-22-13-15-25(37-3)16-14-22)27(33)20-32(24-10-8-9-23(29)18-24)38(35,36)26-11-6-5-7-12-26/h5-16,18,21H,4,17,19-20H2,1-3H3,(H,30,34)/t21-/m1/s1. The predicted octanol–water partition coefficient (Wildman–Crippen LogP) is 4.49. The number of halogens is 1. The van der Waals surface area contributed by atoms with Gasteiger partial charge in [-0.15, -0.1) is 0 Å². The second-order valence-corrected chi connectivity index (χ2v) is 10.9. The van der Waals surface area contributed by atoms with Crippen molar-refractivity contribution in [3.8, 4) is 5.75 Å². The van der Waals surface area contributed by atoms with Crippen LogP contribution in [0.2, 0.25) is 5.02 Å². The lowest BCUT2D eigenvalue weighted by Crippen LogP contribution is -2.51. The van der Waals surface area contributed by atoms with Crippen molar-refractivity contribution in [2.24, 2.45) is 0 Å². The topological polar surface area (TPSA) is 96.0 Å². The van der Waals surface area contributed by atoms with Gasteiger partial charge in [-0.3, -0.25) is 13.9 Å². The molecule has 1 atom stereocenters. The molecule has 0 bridgehead atoms. The summed E-state index contributed by atoms with van der Waals surface area (Å²) in [6.07, 6.45) is 0.739. The first kappa shape index (κ1) is 29.0. The number of nitrogens with one attached hydrogen (secondary N) is 1. The molecule has 3 aromatic carbocycles. The molecule has 0 heterocycles. The Labute approximate surface area is 229 Å². The van der Waals surface area contributed by atoms with Gasteiger partial charge in [-0.2, -0.15) is 0 Å². The molecule has 202 valence electrons. The molecule has 3 rings (SSSR count). The number of amides is 2. The van der Waals surface area contributed by atoms with E-state index >= 15 is 0 Å². The fraction of sp³-hybridized carbons (Fsp3) is 0.286. The van der Waals surface area contributed by atoms with Gasteiger partial charge in [0, 0.05) is 18.1 Å². The van der Waals surface area contributed by atoms with Gasteiger partial charge in [0.1, 0.15) is 18.3 Å². The van der Waals surface area contributed by atoms with Crippen LogP contribution in [0.1, 0.15) is 25.8 Å². The monoisotopic (exact) mass is 557 g/mol. The van der Waals surface area contributed by atoms with E-state index in [1.165, 1.54) is 23.1 Å². The van der Waals surface area contributed by atoms with Crippen LogP contribution in [0, 0.1) is 0 Å². The Balaban J connectivity index is 2.00. The highest BCUT2D eigenvalue weighted by molar-refractivity contribution is 7.92. The van der Waals surface area contributed by atoms with Gasteiger partial charge >= 0.3 is 0 Å². The first-order valence-electron chi connectivity index (χ1n) is 12.2. The number of rotatable bonds is 12. The van der Waals surface area contributed by atoms with E-state index in [0.29, 0.717) is 17.3 Å². The molecule has 0 saturated heterocycles. The average molecular weight is 558 g/mol. The van der Waals surface area contributed by atoms with Gasteiger partial charge < -0.3 is 15.0 Å². The molecule has 10 heteroatoms. The lowest BCUT2D eigenvalue weighted by Gasteiger charge is -2.32. The summed E-state index contributed by atoms with van der Waals surface area (Å²) < 4.78 is 33.6. The molecule has 3 aromatic rings. The third-order valence-corrected chi connectivity index (χ3v) is 7.96. The summed E-state index contributed by atoms with van der Waals surface area (Å²) in [5.74, 6) is -0.213. The van der Waals surface area contributed by atoms with E-state index in [1.54, 1.807) is 74.7 Å². The van der Waals surface area contributed by atoms with Gasteiger partial charge in [-0.25, -0.2) is 8.42 Å². The van der Waals surface area contributed by atoms with E-state index in [2.05, 4.69) is 5.32 Å². The number of sulfonamides is 1. The van der Waals surface area contributed by atoms with Crippen molar-refractivity contribution in [1.29, 1.82) is 0 Å². The van der Waals surface area contributed by atoms with Crippen LogP contribution in [0.5, 0.6) is 5.75 Å². The highest BCUT2D eigenvalue weighted by Crippen LogP contribution is 2.27. The van der Waals surface area contributed by atoms with E-state index in [-0.39, 0.29) is 23.0 Å². The Morgan fingerprint density at radius 2 is 1.68 bits per heavy atom. The third-order valence-electron chi connectivity index (χ3n) is 5.93. The third kappa shape index (κ3) is 7.26. The van der Waals surface area contributed by atoms with Crippen LogP contribution in [0.3, 0.4) is 0 Å². The second kappa shape index (κ2) is 13.3. The van der Waals surface area contributed by atoms with Crippen molar-refractivity contribution in [1.82, 2.24) is 10.2 Å². The number of carbonyl (C=O) groups excluding carboxylic acids is 2. The molecule has 0 radical (unpaired) electrons. The van der Waals surface area contributed by atoms with E-state index in [1.807, 2.05) is 6.92 Å². The Kier molecular flexibility index (Phi) is 10.2. The summed E-state index contributed by atoms with van der Waals surface area (Å²) >= 11 is 6.18. The van der Waals surface area contributed by atoms with Crippen molar-refractivity contribution in [3.05, 3.63) is 89.4 Å². The maximum atomic E-state index is 13.8. The molecule has 0 aliphatic carbocycles. The van der Waals surface area contributed by atoms with Gasteiger partial charge in [-0.1, -0.05) is 54.9 Å². The quantitative estimate of drug-likeness (QED) is 0.354. The highest BCUT2D eigenvalue weighted by atomic mass is 35.5. The number of hydrogen-bond acceptors (Lipinski definition) is 5. The fourth-order valence-electron chi connectivity index (χ4n) is 3.79. The molecule has 2 amide bonds. The molecule has 8 nitrogen and oxygen atoms in total. The highest BCUT2D eigenvalue weighted by Gasteiger charge is 2.32. The van der Waals surface area contributed by atoms with E-state index in [4.69, 9.17) is 16.3 Å². The molecule has 0 fully saturated rings. The van der Waals surface area contributed by atoms with Crippen LogP contribution in [-0.4, -0.2) is 51.4 Å². The number of nitrogens with zero attached hydrogens (tertiary/aromatic N) is 2. The molecule has 0 saturated carbocycles. The van der Waals surface area contributed by atoms with Gasteiger partial charge in [0.05, 0.1) is 17.7 Å². The molecule has 0 aliphatic heterocycles. The molecule has 0 aromatic heterocycles. The Morgan fingerprint density at radius 3 is 2.29 bits per heavy atom. The first-order chi connectivity index (χ1) is 18.2. The smallest absolute Gasteiger partial charge is 0.264 e. The SMILES string of the molecule is CCCNC(=O)[C@@H](C)N(Cc1ccc(OC)cc1)C(=O)CN(c1cccc(Cl)c1)S(=O)(=O)c1ccccc1. The minimum Gasteiger partial charge on any atom is -0.497 e. The van der Waals surface area contributed by atoms with Crippen molar-refractivity contribution in [2.45, 2.75) is 37.8 Å². The van der Waals surface area contributed by atoms with E-state index in [9.17, 15) is 18.0 Å². The van der Waals surface area contributed by atoms with Crippen LogP contribution >= 0.6 is 11.6 Å². The van der Waals surface area contributed by atoms with Gasteiger partial charge in [0.2, 0.25) is 11.8 Å². The molecule has 0 unspecified atom stereocenters. The zero-order valence-electron chi connectivity index (χ0n) is 21.6. The minimum absolute atomic E-state index is 0.0308. The number of methoxy groups -OCH3 is 1. The zero-order valence-corrected chi connectivity index (χ0v) is 23.2. The van der Waals surface area contributed by atoms with E-state index < -0.39 is 28.5 Å². The largest absolute Gasteiger partial charge is 0.497 e. The van der Waals surface area contributed by atoms with Crippen LogP contribution in [0.25, 0.3) is 0 Å². The van der Waals surface area contributed by atoms with Crippen LogP contribution in [0.15, 0.2) is 83.8 Å². The van der Waals surface area contributed by atoms with Crippen LogP contribution in [0.4, 0.5) is 5.69 Å². The molecular weight excluding hydrogens is 526 g/mol. The summed E-state index contributed by atoms with van der Waals surface area (Å²) in [7, 11) is -2.57. The number of ether oxygens (including phenoxy) is 1. The van der Waals surface area contributed by atoms with Crippen molar-refractivity contribution < 1.29 is 22.7 Å². The molecule has 1 N–H and O–H groups in total. The molecule has 0 spiro atoms. The van der Waals surface area contributed by atoms with Crippen molar-refractivity contribution >= 4 is 39.1 Å². The maximum Gasteiger partial charge on any atom is 0.264 e. The molecular formula is C28H32ClN3O5S. The Hall–Kier alpha value is -3.56. The number of anilines is 1. The number of hydrogen-bond donors (Lipinski definition) is 1. The van der Waals surface area contributed by atoms with Gasteiger partial charge in [0.25, 0.3) is 10.0 Å². The second-order valence-electron chi connectivity index (χ2n) is 8.64. The van der Waals surface area contributed by atoms with Crippen molar-refractivity contribution in [2.75, 3.05) is 24.5 Å². The fourth-order valence-corrected chi connectivity index (χ4v) is 5.40. The summed E-state index contributed by atoms with van der Waals surface area (Å²) in [6.45, 7) is 3.59. The predicted molar refractivity (Wildman–Crippen MR) is 149 cm³/mol. The summed E-state index contributed by atoms with van der Waals surface area (Å²) in [4.78, 5) is 28.1. The summed E-state index contributed by atoms with van der Waals surface area (Å²) in [5.41, 5.74) is 0.997. The van der Waals surface area contributed by atoms with E-state index in [0.717, 1.165) is 16.3 Å². The minimum atomic E-state index is -4.13. The summed E-state index contributed by atoms with van der Waals surface area (Å²) in [6, 6.07) is 20.4. The number of benzene rings is 3. The maximum absolute atomic E-state index is 13.8. The molecule has 38 heavy (non-hydrogen) atoms. The Morgan fingerprint density at radius 1 is 1.00 bits per heavy atom. The lowest BCUT2D eigenvalue weighted by atomic mass is 10.1. The molecule has 0 aliphatic rings.